The number of nitrogens with zero attached hydrogens (tertiary/aromatic N) is 3. The predicted octanol–water partition coefficient (Wildman–Crippen LogP) is 1.74. The van der Waals surface area contributed by atoms with Gasteiger partial charge in [-0.2, -0.15) is 0 Å². The Labute approximate surface area is 124 Å². The molecule has 0 bridgehead atoms. The van der Waals surface area contributed by atoms with Crippen molar-refractivity contribution in [2.75, 3.05) is 24.6 Å². The van der Waals surface area contributed by atoms with E-state index in [1.54, 1.807) is 0 Å². The van der Waals surface area contributed by atoms with Crippen LogP contribution in [-0.4, -0.2) is 34.8 Å². The minimum atomic E-state index is 0.339. The summed E-state index contributed by atoms with van der Waals surface area (Å²) in [5, 5.41) is 9.23. The van der Waals surface area contributed by atoms with E-state index in [1.165, 1.54) is 5.56 Å². The van der Waals surface area contributed by atoms with Crippen molar-refractivity contribution in [3.05, 3.63) is 54.0 Å². The van der Waals surface area contributed by atoms with Gasteiger partial charge in [0.25, 0.3) is 0 Å². The Balaban J connectivity index is 1.47. The zero-order chi connectivity index (χ0) is 14.2. The Morgan fingerprint density at radius 3 is 2.57 bits per heavy atom. The van der Waals surface area contributed by atoms with Gasteiger partial charge in [-0.1, -0.05) is 30.3 Å². The second-order valence-electron chi connectivity index (χ2n) is 6.07. The number of aliphatic hydroxyl groups is 1. The summed E-state index contributed by atoms with van der Waals surface area (Å²) in [5.41, 5.74) is 1.24. The third kappa shape index (κ3) is 2.40. The molecule has 0 spiro atoms. The largest absolute Gasteiger partial charge is 0.396 e. The van der Waals surface area contributed by atoms with Crippen LogP contribution >= 0.6 is 0 Å². The zero-order valence-electron chi connectivity index (χ0n) is 11.9. The number of rotatable bonds is 4. The zero-order valence-corrected chi connectivity index (χ0v) is 11.9. The van der Waals surface area contributed by atoms with Crippen LogP contribution in [0.2, 0.25) is 0 Å². The first-order valence-corrected chi connectivity index (χ1v) is 7.57. The van der Waals surface area contributed by atoms with E-state index in [2.05, 4.69) is 22.0 Å². The molecule has 1 aromatic heterocycles. The van der Waals surface area contributed by atoms with E-state index in [0.29, 0.717) is 24.4 Å². The minimum absolute atomic E-state index is 0.339. The maximum Gasteiger partial charge on any atom is 0.135 e. The van der Waals surface area contributed by atoms with Crippen molar-refractivity contribution < 1.29 is 5.11 Å². The summed E-state index contributed by atoms with van der Waals surface area (Å²) in [4.78, 5) is 11.4. The number of benzene rings is 1. The molecule has 4 rings (SSSR count). The number of aromatic nitrogens is 2. The van der Waals surface area contributed by atoms with Crippen molar-refractivity contribution in [2.45, 2.75) is 6.42 Å². The number of piperidine rings is 1. The topological polar surface area (TPSA) is 49.2 Å². The van der Waals surface area contributed by atoms with Crippen LogP contribution in [-0.2, 0) is 6.42 Å². The van der Waals surface area contributed by atoms with E-state index in [1.807, 2.05) is 30.5 Å². The molecular formula is C17H19N3O. The Morgan fingerprint density at radius 2 is 1.86 bits per heavy atom. The molecule has 4 heteroatoms. The predicted molar refractivity (Wildman–Crippen MR) is 81.0 cm³/mol. The van der Waals surface area contributed by atoms with Crippen molar-refractivity contribution in [2.24, 2.45) is 17.8 Å². The molecule has 2 heterocycles. The second kappa shape index (κ2) is 5.11. The standard InChI is InChI=1S/C17H19N3O/c21-11-15-13-9-20(10-14(13)15)17-6-7-18-16(19-17)8-12-4-2-1-3-5-12/h1-7,13-15,21H,8-11H2/t13-,14+,15?. The van der Waals surface area contributed by atoms with Gasteiger partial charge in [-0.05, 0) is 29.4 Å². The summed E-state index contributed by atoms with van der Waals surface area (Å²) in [7, 11) is 0. The fourth-order valence-corrected chi connectivity index (χ4v) is 3.54. The third-order valence-corrected chi connectivity index (χ3v) is 4.80. The Morgan fingerprint density at radius 1 is 1.10 bits per heavy atom. The second-order valence-corrected chi connectivity index (χ2v) is 6.07. The number of hydrogen-bond acceptors (Lipinski definition) is 4. The van der Waals surface area contributed by atoms with Crippen molar-refractivity contribution in [3.8, 4) is 0 Å². The van der Waals surface area contributed by atoms with Crippen LogP contribution < -0.4 is 4.90 Å². The minimum Gasteiger partial charge on any atom is -0.396 e. The summed E-state index contributed by atoms with van der Waals surface area (Å²) < 4.78 is 0. The third-order valence-electron chi connectivity index (χ3n) is 4.80. The number of fused-ring (bicyclic) bond motifs is 1. The van der Waals surface area contributed by atoms with Gasteiger partial charge in [0.15, 0.2) is 0 Å². The number of hydrogen-bond donors (Lipinski definition) is 1. The summed E-state index contributed by atoms with van der Waals surface area (Å²) in [6.07, 6.45) is 2.63. The van der Waals surface area contributed by atoms with Gasteiger partial charge in [0.2, 0.25) is 0 Å². The lowest BCUT2D eigenvalue weighted by Crippen LogP contribution is -2.26. The highest BCUT2D eigenvalue weighted by molar-refractivity contribution is 5.42. The Hall–Kier alpha value is -1.94. The maximum atomic E-state index is 9.23. The quantitative estimate of drug-likeness (QED) is 0.927. The Kier molecular flexibility index (Phi) is 3.11. The molecule has 1 saturated heterocycles. The lowest BCUT2D eigenvalue weighted by Gasteiger charge is -2.20. The van der Waals surface area contributed by atoms with Crippen LogP contribution in [0.1, 0.15) is 11.4 Å². The fraction of sp³-hybridized carbons (Fsp3) is 0.412. The SMILES string of the molecule is OCC1[C@H]2CN(c3ccnc(Cc4ccccc4)n3)C[C@@H]12. The maximum absolute atomic E-state index is 9.23. The van der Waals surface area contributed by atoms with Crippen LogP contribution in [0.3, 0.4) is 0 Å². The van der Waals surface area contributed by atoms with E-state index in [-0.39, 0.29) is 0 Å². The summed E-state index contributed by atoms with van der Waals surface area (Å²) in [6.45, 7) is 2.39. The van der Waals surface area contributed by atoms with Crippen LogP contribution in [0, 0.1) is 17.8 Å². The first-order valence-electron chi connectivity index (χ1n) is 7.57. The Bertz CT molecular complexity index is 619. The molecular weight excluding hydrogens is 262 g/mol. The van der Waals surface area contributed by atoms with Crippen LogP contribution in [0.25, 0.3) is 0 Å². The molecule has 1 aromatic carbocycles. The first-order chi connectivity index (χ1) is 10.3. The molecule has 0 amide bonds. The van der Waals surface area contributed by atoms with Crippen molar-refractivity contribution >= 4 is 5.82 Å². The molecule has 2 fully saturated rings. The molecule has 1 N–H and O–H groups in total. The average molecular weight is 281 g/mol. The molecule has 3 atom stereocenters. The molecule has 1 aliphatic heterocycles. The lowest BCUT2D eigenvalue weighted by atomic mass is 10.1. The smallest absolute Gasteiger partial charge is 0.135 e. The van der Waals surface area contributed by atoms with Crippen LogP contribution in [0.4, 0.5) is 5.82 Å². The van der Waals surface area contributed by atoms with Gasteiger partial charge in [0, 0.05) is 32.3 Å². The molecule has 1 aliphatic carbocycles. The van der Waals surface area contributed by atoms with Crippen LogP contribution in [0.5, 0.6) is 0 Å². The van der Waals surface area contributed by atoms with Crippen molar-refractivity contribution in [3.63, 3.8) is 0 Å². The van der Waals surface area contributed by atoms with Crippen LogP contribution in [0.15, 0.2) is 42.6 Å². The highest BCUT2D eigenvalue weighted by Gasteiger charge is 2.55. The van der Waals surface area contributed by atoms with Crippen molar-refractivity contribution in [1.29, 1.82) is 0 Å². The summed E-state index contributed by atoms with van der Waals surface area (Å²) >= 11 is 0. The number of aliphatic hydroxyl groups excluding tert-OH is 1. The average Bonchev–Trinajstić information content (AvgIpc) is 2.99. The van der Waals surface area contributed by atoms with E-state index in [4.69, 9.17) is 4.98 Å². The van der Waals surface area contributed by atoms with Gasteiger partial charge in [-0.3, -0.25) is 0 Å². The highest BCUT2D eigenvalue weighted by Crippen LogP contribution is 2.51. The van der Waals surface area contributed by atoms with Crippen molar-refractivity contribution in [1.82, 2.24) is 9.97 Å². The molecule has 1 unspecified atom stereocenters. The first kappa shape index (κ1) is 12.8. The van der Waals surface area contributed by atoms with Gasteiger partial charge < -0.3 is 10.0 Å². The van der Waals surface area contributed by atoms with E-state index >= 15 is 0 Å². The summed E-state index contributed by atoms with van der Waals surface area (Å²) in [5.74, 6) is 3.77. The summed E-state index contributed by atoms with van der Waals surface area (Å²) in [6, 6.07) is 12.3. The van der Waals surface area contributed by atoms with Gasteiger partial charge in [0.1, 0.15) is 11.6 Å². The van der Waals surface area contributed by atoms with E-state index < -0.39 is 0 Å². The highest BCUT2D eigenvalue weighted by atomic mass is 16.3. The van der Waals surface area contributed by atoms with Gasteiger partial charge in [-0.25, -0.2) is 9.97 Å². The molecule has 2 aromatic rings. The lowest BCUT2D eigenvalue weighted by molar-refractivity contribution is 0.260. The number of anilines is 1. The molecule has 21 heavy (non-hydrogen) atoms. The van der Waals surface area contributed by atoms with Gasteiger partial charge >= 0.3 is 0 Å². The van der Waals surface area contributed by atoms with Gasteiger partial charge in [-0.15, -0.1) is 0 Å². The van der Waals surface area contributed by atoms with E-state index in [0.717, 1.165) is 31.2 Å². The monoisotopic (exact) mass is 281 g/mol. The molecule has 0 radical (unpaired) electrons. The normalized spacial score (nSPS) is 26.7. The van der Waals surface area contributed by atoms with Gasteiger partial charge in [0.05, 0.1) is 0 Å². The van der Waals surface area contributed by atoms with E-state index in [9.17, 15) is 5.11 Å². The fourth-order valence-electron chi connectivity index (χ4n) is 3.54. The molecule has 2 aliphatic rings. The molecule has 1 saturated carbocycles. The molecule has 4 nitrogen and oxygen atoms in total. The molecule has 108 valence electrons.